The summed E-state index contributed by atoms with van der Waals surface area (Å²) in [7, 11) is -5.23. The first kappa shape index (κ1) is 49.6. The molecule has 2 aliphatic heterocycles. The number of nitrogens with zero attached hydrogens (tertiary/aromatic N) is 2. The Labute approximate surface area is 336 Å². The summed E-state index contributed by atoms with van der Waals surface area (Å²) >= 11 is 0. The van der Waals surface area contributed by atoms with E-state index in [0.717, 1.165) is 0 Å². The van der Waals surface area contributed by atoms with Crippen LogP contribution in [0.5, 0.6) is 0 Å². The molecule has 0 radical (unpaired) electrons. The number of aldehydes is 1. The molecular weight excluding hydrogens is 787 g/mol. The predicted molar refractivity (Wildman–Crippen MR) is 204 cm³/mol. The van der Waals surface area contributed by atoms with Crippen LogP contribution in [0.15, 0.2) is 0 Å². The number of amides is 7. The van der Waals surface area contributed by atoms with E-state index < -0.39 is 117 Å². The molecule has 0 spiro atoms. The molecule has 0 saturated carbocycles. The molecule has 328 valence electrons. The van der Waals surface area contributed by atoms with E-state index in [1.165, 1.54) is 23.6 Å². The first-order valence-electron chi connectivity index (χ1n) is 19.2. The number of aliphatic carboxylic acids is 1. The SMILES string of the molecule is CC(C)C[C@H](NC(=O)[C@H](CC(=O)O)NC(=O)[C@H](C)N)C(=O)N[C@@H](COP(=O)(O)O)C(=O)N[C@@H](CC(C)C)C(=O)N1CCC[C@H]1C(=O)N[C@@H](C)C(=O)N1CCC[C@H]1C=O. The summed E-state index contributed by atoms with van der Waals surface area (Å²) in [6.07, 6.45) is 1.55. The minimum Gasteiger partial charge on any atom is -0.481 e. The molecule has 2 rings (SSSR count). The topological polar surface area (TPSA) is 333 Å². The molecule has 2 heterocycles. The number of nitrogens with two attached hydrogens (primary N) is 1. The van der Waals surface area contributed by atoms with Gasteiger partial charge in [0.05, 0.1) is 25.1 Å². The highest BCUT2D eigenvalue weighted by Crippen LogP contribution is 2.35. The van der Waals surface area contributed by atoms with Gasteiger partial charge in [0.15, 0.2) is 0 Å². The number of phosphoric acid groups is 1. The number of likely N-dealkylation sites (tertiary alicyclic amines) is 2. The molecule has 0 unspecified atom stereocenters. The van der Waals surface area contributed by atoms with Crippen molar-refractivity contribution in [1.82, 2.24) is 36.4 Å². The lowest BCUT2D eigenvalue weighted by molar-refractivity contribution is -0.144. The number of hydrogen-bond acceptors (Lipinski definition) is 12. The number of nitrogens with one attached hydrogen (secondary N) is 5. The Hall–Kier alpha value is -4.50. The first-order chi connectivity index (χ1) is 26.9. The van der Waals surface area contributed by atoms with Crippen molar-refractivity contribution >= 4 is 61.4 Å². The average Bonchev–Trinajstić information content (AvgIpc) is 3.81. The number of carboxylic acids is 1. The fraction of sp³-hybridized carbons (Fsp3) is 0.743. The van der Waals surface area contributed by atoms with E-state index in [1.807, 2.05) is 0 Å². The Balaban J connectivity index is 2.32. The standard InChI is InChI=1S/C35H59N8O14P/c1-18(2)13-23(39-31(49)24(15-28(45)46)38-29(47)20(5)36)30(48)41-26(17-57-58(54,55)56)32(50)40-25(14-19(3)4)35(53)43-12-8-10-27(43)33(51)37-21(6)34(52)42-11-7-9-22(42)16-44/h16,18-27H,7-15,17,36H2,1-6H3,(H,37,51)(H,38,47)(H,39,49)(H,40,50)(H,41,48)(H,45,46)(H2,54,55,56)/t20-,21-,22-,23-,24-,25-,26-,27-/m0/s1. The van der Waals surface area contributed by atoms with Gasteiger partial charge in [-0.2, -0.15) is 0 Å². The van der Waals surface area contributed by atoms with Crippen molar-refractivity contribution in [2.75, 3.05) is 19.7 Å². The van der Waals surface area contributed by atoms with Gasteiger partial charge in [-0.3, -0.25) is 42.9 Å². The monoisotopic (exact) mass is 846 g/mol. The van der Waals surface area contributed by atoms with Crippen molar-refractivity contribution in [3.05, 3.63) is 0 Å². The lowest BCUT2D eigenvalue weighted by Gasteiger charge is -2.32. The summed E-state index contributed by atoms with van der Waals surface area (Å²) in [6.45, 7) is 9.04. The van der Waals surface area contributed by atoms with Gasteiger partial charge in [0.25, 0.3) is 0 Å². The molecule has 2 fully saturated rings. The van der Waals surface area contributed by atoms with E-state index in [1.54, 1.807) is 27.7 Å². The van der Waals surface area contributed by atoms with Crippen LogP contribution in [0.3, 0.4) is 0 Å². The van der Waals surface area contributed by atoms with Crippen LogP contribution in [0.4, 0.5) is 0 Å². The number of carbonyl (C=O) groups is 9. The number of hydrogen-bond donors (Lipinski definition) is 9. The zero-order valence-corrected chi connectivity index (χ0v) is 34.6. The van der Waals surface area contributed by atoms with Crippen LogP contribution in [0.1, 0.15) is 86.5 Å². The van der Waals surface area contributed by atoms with Gasteiger partial charge in [0.1, 0.15) is 42.5 Å². The zero-order chi connectivity index (χ0) is 44.1. The molecule has 8 atom stereocenters. The Morgan fingerprint density at radius 3 is 1.78 bits per heavy atom. The summed E-state index contributed by atoms with van der Waals surface area (Å²) in [6, 6.07) is -10.0. The molecular formula is C35H59N8O14P. The van der Waals surface area contributed by atoms with Gasteiger partial charge in [-0.15, -0.1) is 0 Å². The van der Waals surface area contributed by atoms with Crippen molar-refractivity contribution in [1.29, 1.82) is 0 Å². The number of rotatable bonds is 22. The van der Waals surface area contributed by atoms with Crippen LogP contribution >= 0.6 is 7.82 Å². The summed E-state index contributed by atoms with van der Waals surface area (Å²) in [5.41, 5.74) is 5.54. The van der Waals surface area contributed by atoms with Crippen molar-refractivity contribution in [3.63, 3.8) is 0 Å². The molecule has 2 saturated heterocycles. The highest BCUT2D eigenvalue weighted by Gasteiger charge is 2.41. The third-order valence-corrected chi connectivity index (χ3v) is 9.92. The largest absolute Gasteiger partial charge is 0.481 e. The Bertz CT molecular complexity index is 1570. The van der Waals surface area contributed by atoms with Gasteiger partial charge in [0.2, 0.25) is 41.4 Å². The van der Waals surface area contributed by atoms with Crippen LogP contribution in [0.25, 0.3) is 0 Å². The van der Waals surface area contributed by atoms with E-state index in [2.05, 4.69) is 31.1 Å². The van der Waals surface area contributed by atoms with Crippen LogP contribution in [0, 0.1) is 11.8 Å². The van der Waals surface area contributed by atoms with Crippen molar-refractivity contribution in [2.24, 2.45) is 17.6 Å². The van der Waals surface area contributed by atoms with E-state index >= 15 is 0 Å². The molecule has 0 aliphatic carbocycles. The number of carbonyl (C=O) groups excluding carboxylic acids is 8. The smallest absolute Gasteiger partial charge is 0.469 e. The van der Waals surface area contributed by atoms with Crippen LogP contribution in [0.2, 0.25) is 0 Å². The molecule has 0 bridgehead atoms. The highest BCUT2D eigenvalue weighted by molar-refractivity contribution is 7.46. The summed E-state index contributed by atoms with van der Waals surface area (Å²) < 4.78 is 16.2. The maximum Gasteiger partial charge on any atom is 0.469 e. The maximum absolute atomic E-state index is 14.1. The van der Waals surface area contributed by atoms with Gasteiger partial charge < -0.3 is 61.8 Å². The van der Waals surface area contributed by atoms with E-state index in [4.69, 9.17) is 5.73 Å². The van der Waals surface area contributed by atoms with Crippen LogP contribution in [-0.4, -0.2) is 146 Å². The van der Waals surface area contributed by atoms with Crippen LogP contribution < -0.4 is 32.3 Å². The molecule has 0 aromatic heterocycles. The minimum absolute atomic E-state index is 0.0243. The second-order valence-corrected chi connectivity index (χ2v) is 16.7. The second kappa shape index (κ2) is 22.6. The van der Waals surface area contributed by atoms with Gasteiger partial charge in [-0.25, -0.2) is 4.57 Å². The van der Waals surface area contributed by atoms with Gasteiger partial charge >= 0.3 is 13.8 Å². The molecule has 58 heavy (non-hydrogen) atoms. The maximum atomic E-state index is 14.1. The van der Waals surface area contributed by atoms with E-state index in [-0.39, 0.29) is 37.6 Å². The molecule has 22 nitrogen and oxygen atoms in total. The molecule has 7 amide bonds. The molecule has 0 aromatic carbocycles. The fourth-order valence-electron chi connectivity index (χ4n) is 6.59. The Morgan fingerprint density at radius 1 is 0.724 bits per heavy atom. The highest BCUT2D eigenvalue weighted by atomic mass is 31.2. The molecule has 2 aliphatic rings. The van der Waals surface area contributed by atoms with Gasteiger partial charge in [0, 0.05) is 13.1 Å². The predicted octanol–water partition coefficient (Wildman–Crippen LogP) is -2.37. The first-order valence-corrected chi connectivity index (χ1v) is 20.7. The van der Waals surface area contributed by atoms with Crippen molar-refractivity contribution in [2.45, 2.75) is 135 Å². The quantitative estimate of drug-likeness (QED) is 0.0406. The lowest BCUT2D eigenvalue weighted by Crippen LogP contribution is -2.61. The zero-order valence-electron chi connectivity index (χ0n) is 33.7. The third-order valence-electron chi connectivity index (χ3n) is 9.44. The molecule has 10 N–H and O–H groups in total. The minimum atomic E-state index is -5.23. The van der Waals surface area contributed by atoms with Gasteiger partial charge in [-0.05, 0) is 64.2 Å². The summed E-state index contributed by atoms with van der Waals surface area (Å²) in [5, 5.41) is 21.3. The summed E-state index contributed by atoms with van der Waals surface area (Å²) in [5.74, 6) is -7.80. The Morgan fingerprint density at radius 2 is 1.22 bits per heavy atom. The average molecular weight is 847 g/mol. The Kier molecular flexibility index (Phi) is 19.3. The fourth-order valence-corrected chi connectivity index (χ4v) is 6.93. The van der Waals surface area contributed by atoms with Gasteiger partial charge in [-0.1, -0.05) is 27.7 Å². The lowest BCUT2D eigenvalue weighted by atomic mass is 10.0. The normalized spacial score (nSPS) is 20.0. The number of phosphoric ester groups is 1. The van der Waals surface area contributed by atoms with E-state index in [9.17, 15) is 62.6 Å². The van der Waals surface area contributed by atoms with Crippen LogP contribution in [-0.2, 0) is 52.2 Å². The van der Waals surface area contributed by atoms with E-state index in [0.29, 0.717) is 32.1 Å². The summed E-state index contributed by atoms with van der Waals surface area (Å²) in [4.78, 5) is 138. The van der Waals surface area contributed by atoms with Crippen molar-refractivity contribution in [3.8, 4) is 0 Å². The molecule has 23 heteroatoms. The third kappa shape index (κ3) is 15.7. The molecule has 0 aromatic rings. The number of carboxylic acid groups (broad SMARTS) is 1. The second-order valence-electron chi connectivity index (χ2n) is 15.5. The van der Waals surface area contributed by atoms with Crippen molar-refractivity contribution < 1.29 is 67.1 Å².